The van der Waals surface area contributed by atoms with Gasteiger partial charge in [-0.15, -0.1) is 0 Å². The molecule has 0 aliphatic rings. The number of hydrogen-bond acceptors (Lipinski definition) is 11. The molecule has 0 amide bonds. The third kappa shape index (κ3) is 7.65. The van der Waals surface area contributed by atoms with Gasteiger partial charge in [-0.3, -0.25) is 9.78 Å². The van der Waals surface area contributed by atoms with E-state index in [-0.39, 0.29) is 6.42 Å². The van der Waals surface area contributed by atoms with Gasteiger partial charge in [-0.25, -0.2) is 9.59 Å². The van der Waals surface area contributed by atoms with E-state index >= 15 is 0 Å². The maximum Gasteiger partial charge on any atom is 0.382 e. The SMILES string of the molecule is CCCCC(O)(C=N)C(=O)OOOOOOC(=O)C(C)O. The van der Waals surface area contributed by atoms with E-state index in [1.165, 1.54) is 0 Å². The van der Waals surface area contributed by atoms with Crippen LogP contribution in [-0.2, 0) is 39.5 Å². The van der Waals surface area contributed by atoms with E-state index in [4.69, 9.17) is 10.5 Å². The van der Waals surface area contributed by atoms with Gasteiger partial charge in [0.05, 0.1) is 0 Å². The number of unbranched alkanes of at least 4 members (excludes halogenated alkanes) is 1. The highest BCUT2D eigenvalue weighted by Crippen LogP contribution is 2.14. The van der Waals surface area contributed by atoms with Crippen molar-refractivity contribution in [1.82, 2.24) is 0 Å². The molecule has 3 N–H and O–H groups in total. The van der Waals surface area contributed by atoms with Crippen LogP contribution in [0.15, 0.2) is 0 Å². The zero-order valence-corrected chi connectivity index (χ0v) is 11.4. The molecular weight excluding hydrogens is 294 g/mol. The second-order valence-corrected chi connectivity index (χ2v) is 3.89. The highest BCUT2D eigenvalue weighted by Gasteiger charge is 2.36. The van der Waals surface area contributed by atoms with Gasteiger partial charge in [0.2, 0.25) is 0 Å². The Hall–Kier alpha value is -1.63. The lowest BCUT2D eigenvalue weighted by Gasteiger charge is -2.18. The molecule has 0 spiro atoms. The number of carbonyl (C=O) groups is 2. The van der Waals surface area contributed by atoms with E-state index < -0.39 is 23.6 Å². The van der Waals surface area contributed by atoms with Crippen molar-refractivity contribution in [2.75, 3.05) is 0 Å². The van der Waals surface area contributed by atoms with Crippen LogP contribution >= 0.6 is 0 Å². The van der Waals surface area contributed by atoms with E-state index in [1.54, 1.807) is 0 Å². The summed E-state index contributed by atoms with van der Waals surface area (Å²) in [6.07, 6.45) is 0.158. The quantitative estimate of drug-likeness (QED) is 0.200. The van der Waals surface area contributed by atoms with E-state index in [0.717, 1.165) is 6.92 Å². The molecule has 2 atom stereocenters. The molecule has 0 aliphatic carbocycles. The fourth-order valence-electron chi connectivity index (χ4n) is 0.936. The second kappa shape index (κ2) is 10.1. The predicted octanol–water partition coefficient (Wildman–Crippen LogP) is -0.334. The molecule has 0 aromatic rings. The molecule has 0 heterocycles. The van der Waals surface area contributed by atoms with Crippen molar-refractivity contribution < 1.29 is 49.7 Å². The molecule has 2 unspecified atom stereocenters. The molecule has 0 aromatic carbocycles. The van der Waals surface area contributed by atoms with Crippen molar-refractivity contribution in [1.29, 1.82) is 5.41 Å². The molecule has 0 aromatic heterocycles. The van der Waals surface area contributed by atoms with Gasteiger partial charge in [0.1, 0.15) is 0 Å². The third-order valence-electron chi connectivity index (χ3n) is 2.15. The van der Waals surface area contributed by atoms with Crippen molar-refractivity contribution >= 4 is 18.2 Å². The molecule has 0 saturated heterocycles. The van der Waals surface area contributed by atoms with E-state index in [9.17, 15) is 14.7 Å². The standard InChI is InChI=1S/C10H17NO10/c1-3-4-5-10(15,6-11)9(14)17-19-21-20-18-16-8(13)7(2)12/h6-7,11-12,15H,3-5H2,1-2H3. The molecule has 0 radical (unpaired) electrons. The van der Waals surface area contributed by atoms with Crippen LogP contribution in [0.25, 0.3) is 0 Å². The summed E-state index contributed by atoms with van der Waals surface area (Å²) in [5, 5.41) is 40.1. The van der Waals surface area contributed by atoms with E-state index in [2.05, 4.69) is 29.9 Å². The van der Waals surface area contributed by atoms with E-state index in [1.807, 2.05) is 6.92 Å². The molecule has 21 heavy (non-hydrogen) atoms. The van der Waals surface area contributed by atoms with Gasteiger partial charge in [-0.05, 0) is 19.8 Å². The molecular formula is C10H17NO10. The molecule has 0 bridgehead atoms. The lowest BCUT2D eigenvalue weighted by atomic mass is 9.99. The van der Waals surface area contributed by atoms with Gasteiger partial charge < -0.3 is 15.6 Å². The van der Waals surface area contributed by atoms with Crippen LogP contribution in [-0.4, -0.2) is 40.1 Å². The molecule has 0 fully saturated rings. The summed E-state index contributed by atoms with van der Waals surface area (Å²) in [6, 6.07) is 0. The van der Waals surface area contributed by atoms with Crippen molar-refractivity contribution in [2.24, 2.45) is 0 Å². The fraction of sp³-hybridized carbons (Fsp3) is 0.700. The number of carbonyl (C=O) groups excluding carboxylic acids is 2. The Balaban J connectivity index is 3.87. The summed E-state index contributed by atoms with van der Waals surface area (Å²) in [5.41, 5.74) is -2.15. The Morgan fingerprint density at radius 3 is 2.29 bits per heavy atom. The van der Waals surface area contributed by atoms with Crippen LogP contribution in [0.2, 0.25) is 0 Å². The first-order valence-corrected chi connectivity index (χ1v) is 5.89. The largest absolute Gasteiger partial charge is 0.382 e. The van der Waals surface area contributed by atoms with Crippen LogP contribution in [0.5, 0.6) is 0 Å². The Labute approximate surface area is 119 Å². The molecule has 11 heteroatoms. The van der Waals surface area contributed by atoms with Crippen molar-refractivity contribution in [3.05, 3.63) is 0 Å². The first-order chi connectivity index (χ1) is 9.87. The minimum atomic E-state index is -2.15. The summed E-state index contributed by atoms with van der Waals surface area (Å²) >= 11 is 0. The Morgan fingerprint density at radius 2 is 1.81 bits per heavy atom. The normalized spacial score (nSPS) is 14.9. The van der Waals surface area contributed by atoms with Gasteiger partial charge in [0.25, 0.3) is 0 Å². The highest BCUT2D eigenvalue weighted by atomic mass is 17.8. The lowest BCUT2D eigenvalue weighted by molar-refractivity contribution is -0.742. The summed E-state index contributed by atoms with van der Waals surface area (Å²) in [4.78, 5) is 29.8. The van der Waals surface area contributed by atoms with Gasteiger partial charge in [0.15, 0.2) is 11.7 Å². The average molecular weight is 311 g/mol. The zero-order chi connectivity index (χ0) is 16.3. The summed E-state index contributed by atoms with van der Waals surface area (Å²) < 4.78 is 0. The van der Waals surface area contributed by atoms with Crippen molar-refractivity contribution in [3.8, 4) is 0 Å². The first-order valence-electron chi connectivity index (χ1n) is 5.89. The van der Waals surface area contributed by atoms with Crippen LogP contribution in [0.1, 0.15) is 33.1 Å². The summed E-state index contributed by atoms with van der Waals surface area (Å²) in [6.45, 7) is 2.94. The van der Waals surface area contributed by atoms with Gasteiger partial charge in [-0.2, -0.15) is 0 Å². The predicted molar refractivity (Wildman–Crippen MR) is 61.5 cm³/mol. The van der Waals surface area contributed by atoms with Crippen LogP contribution in [0.4, 0.5) is 0 Å². The number of aliphatic hydroxyl groups excluding tert-OH is 1. The number of rotatable bonds is 11. The number of hydrogen-bond donors (Lipinski definition) is 3. The average Bonchev–Trinajstić information content (AvgIpc) is 2.47. The molecule has 0 aliphatic heterocycles. The molecule has 0 rings (SSSR count). The Kier molecular flexibility index (Phi) is 9.36. The highest BCUT2D eigenvalue weighted by molar-refractivity contribution is 5.96. The molecule has 0 saturated carbocycles. The van der Waals surface area contributed by atoms with Gasteiger partial charge in [-0.1, -0.05) is 13.3 Å². The van der Waals surface area contributed by atoms with Crippen LogP contribution in [0, 0.1) is 5.41 Å². The maximum atomic E-state index is 11.4. The monoisotopic (exact) mass is 311 g/mol. The topological polar surface area (TPSA) is 154 Å². The fourth-order valence-corrected chi connectivity index (χ4v) is 0.936. The minimum Gasteiger partial charge on any atom is -0.382 e. The van der Waals surface area contributed by atoms with Gasteiger partial charge >= 0.3 is 11.9 Å². The maximum absolute atomic E-state index is 11.4. The Morgan fingerprint density at radius 1 is 1.24 bits per heavy atom. The minimum absolute atomic E-state index is 0.0431. The zero-order valence-electron chi connectivity index (χ0n) is 11.4. The number of aliphatic hydroxyl groups is 2. The summed E-state index contributed by atoms with van der Waals surface area (Å²) in [5.74, 6) is -2.48. The van der Waals surface area contributed by atoms with Gasteiger partial charge in [0, 0.05) is 26.4 Å². The van der Waals surface area contributed by atoms with E-state index in [0.29, 0.717) is 19.1 Å². The molecule has 122 valence electrons. The van der Waals surface area contributed by atoms with Crippen LogP contribution in [0.3, 0.4) is 0 Å². The van der Waals surface area contributed by atoms with Crippen molar-refractivity contribution in [3.63, 3.8) is 0 Å². The number of nitrogens with one attached hydrogen (secondary N) is 1. The van der Waals surface area contributed by atoms with Crippen molar-refractivity contribution in [2.45, 2.75) is 44.8 Å². The smallest absolute Gasteiger partial charge is 0.382 e. The lowest BCUT2D eigenvalue weighted by Crippen LogP contribution is -2.41. The molecule has 11 nitrogen and oxygen atoms in total. The van der Waals surface area contributed by atoms with Crippen LogP contribution < -0.4 is 0 Å². The Bertz CT molecular complexity index is 347. The first kappa shape index (κ1) is 19.4. The second-order valence-electron chi connectivity index (χ2n) is 3.89. The third-order valence-corrected chi connectivity index (χ3v) is 2.15. The summed E-state index contributed by atoms with van der Waals surface area (Å²) in [7, 11) is 0.